The third kappa shape index (κ3) is 46.2. The van der Waals surface area contributed by atoms with Gasteiger partial charge in [-0.3, -0.25) is 43.2 Å². The van der Waals surface area contributed by atoms with E-state index >= 15 is 0 Å². The van der Waals surface area contributed by atoms with E-state index in [0.717, 1.165) is 44.9 Å². The smallest absolute Gasteiger partial charge is 0.325 e. The number of carboxylic acid groups (broad SMARTS) is 3. The predicted molar refractivity (Wildman–Crippen MR) is 284 cm³/mol. The van der Waals surface area contributed by atoms with Crippen LogP contribution in [0.4, 0.5) is 0 Å². The molecule has 22 heteroatoms. The van der Waals surface area contributed by atoms with Crippen LogP contribution in [0.5, 0.6) is 0 Å². The molecule has 0 aliphatic carbocycles. The molecular weight excluding hydrogens is 989 g/mol. The lowest BCUT2D eigenvalue weighted by molar-refractivity contribution is -0.141. The Morgan fingerprint density at radius 3 is 1.62 bits per heavy atom. The number of rotatable bonds is 52. The van der Waals surface area contributed by atoms with Crippen LogP contribution in [0.1, 0.15) is 186 Å². The van der Waals surface area contributed by atoms with Gasteiger partial charge in [-0.2, -0.15) is 0 Å². The first-order valence-electron chi connectivity index (χ1n) is 27.7. The summed E-state index contributed by atoms with van der Waals surface area (Å²) in [5, 5.41) is 34.1. The van der Waals surface area contributed by atoms with Gasteiger partial charge >= 0.3 is 17.9 Å². The summed E-state index contributed by atoms with van der Waals surface area (Å²) in [4.78, 5) is 111. The van der Waals surface area contributed by atoms with E-state index in [0.29, 0.717) is 83.4 Å². The summed E-state index contributed by atoms with van der Waals surface area (Å²) >= 11 is 0. The van der Waals surface area contributed by atoms with Gasteiger partial charge in [0.05, 0.1) is 51.8 Å². The Morgan fingerprint density at radius 1 is 0.566 bits per heavy atom. The van der Waals surface area contributed by atoms with Gasteiger partial charge < -0.3 is 60.9 Å². The highest BCUT2D eigenvalue weighted by molar-refractivity contribution is 5.91. The van der Waals surface area contributed by atoms with Gasteiger partial charge in [-0.25, -0.2) is 4.98 Å². The van der Waals surface area contributed by atoms with Crippen molar-refractivity contribution in [2.45, 2.75) is 199 Å². The Labute approximate surface area is 450 Å². The molecule has 3 amide bonds. The van der Waals surface area contributed by atoms with Crippen molar-refractivity contribution in [3.8, 4) is 0 Å². The highest BCUT2D eigenvalue weighted by Crippen LogP contribution is 2.19. The minimum Gasteiger partial charge on any atom is -0.481 e. The number of ketones is 3. The molecule has 0 aliphatic heterocycles. The number of carboxylic acids is 3. The lowest BCUT2D eigenvalue weighted by Gasteiger charge is -2.17. The third-order valence-corrected chi connectivity index (χ3v) is 12.0. The van der Waals surface area contributed by atoms with E-state index in [1.54, 1.807) is 6.20 Å². The van der Waals surface area contributed by atoms with Crippen LogP contribution in [0, 0.1) is 5.92 Å². The van der Waals surface area contributed by atoms with Gasteiger partial charge in [-0.15, -0.1) is 0 Å². The van der Waals surface area contributed by atoms with Crippen LogP contribution in [0.2, 0.25) is 0 Å². The minimum absolute atomic E-state index is 0.0712. The number of nitrogens with zero attached hydrogens (tertiary/aromatic N) is 1. The Kier molecular flexibility index (Phi) is 46.1. The van der Waals surface area contributed by atoms with Crippen molar-refractivity contribution in [3.05, 3.63) is 18.2 Å². The molecule has 22 nitrogen and oxygen atoms in total. The molecule has 3 atom stereocenters. The number of hydrogen-bond donors (Lipinski definition) is 8. The van der Waals surface area contributed by atoms with Crippen LogP contribution in [0.3, 0.4) is 0 Å². The standard InChI is InChI=1S/C33H55N5O11.C21H39NO5/c1-2-6-27(39)8-5-13-46-15-17-48-23-32(43)37-12-14-47-16-18-49-22-31(42)36-11-4-3-7-25(29(40)9-10-33(44)45)19-30(41)28(34)20-26-21-35-24-38-26;1-18(21(26)27)22-19(23)16-14-12-10-8-6-4-2-3-5-7-9-11-13-15-17-20(24)25/h21,24-25,28H,2-20,22-23,34H2,1H3,(H,35,38)(H,36,42)(H,37,43)(H,44,45);18H,2-17H2,1H3,(H,22,23)(H,24,25)(H,26,27)/t25-,28+;18-/m10/s1. The molecule has 0 saturated carbocycles. The molecule has 1 rings (SSSR count). The van der Waals surface area contributed by atoms with Crippen LogP contribution in [0.15, 0.2) is 12.5 Å². The predicted octanol–water partition coefficient (Wildman–Crippen LogP) is 5.81. The number of nitrogens with one attached hydrogen (secondary N) is 4. The minimum atomic E-state index is -1.08. The molecule has 9 N–H and O–H groups in total. The number of nitrogens with two attached hydrogens (primary N) is 1. The first-order chi connectivity index (χ1) is 36.5. The number of H-pyrrole nitrogens is 1. The lowest BCUT2D eigenvalue weighted by atomic mass is 9.87. The van der Waals surface area contributed by atoms with E-state index in [2.05, 4.69) is 25.9 Å². The summed E-state index contributed by atoms with van der Waals surface area (Å²) in [6, 6.07) is -1.62. The molecule has 0 spiro atoms. The van der Waals surface area contributed by atoms with Crippen LogP contribution < -0.4 is 21.7 Å². The maximum Gasteiger partial charge on any atom is 0.325 e. The number of aromatic amines is 1. The molecule has 0 aliphatic rings. The number of hydrogen-bond acceptors (Lipinski definition) is 15. The van der Waals surface area contributed by atoms with E-state index in [4.69, 9.17) is 40.0 Å². The molecule has 76 heavy (non-hydrogen) atoms. The molecule has 0 saturated heterocycles. The Balaban J connectivity index is 0.00000176. The maximum absolute atomic E-state index is 12.7. The lowest BCUT2D eigenvalue weighted by Crippen LogP contribution is -2.38. The largest absolute Gasteiger partial charge is 0.481 e. The van der Waals surface area contributed by atoms with Gasteiger partial charge in [0, 0.05) is 82.5 Å². The van der Waals surface area contributed by atoms with Crippen molar-refractivity contribution in [3.63, 3.8) is 0 Å². The summed E-state index contributed by atoms with van der Waals surface area (Å²) in [6.07, 6.45) is 23.7. The summed E-state index contributed by atoms with van der Waals surface area (Å²) < 4.78 is 21.3. The summed E-state index contributed by atoms with van der Waals surface area (Å²) in [5.41, 5.74) is 6.73. The second-order valence-electron chi connectivity index (χ2n) is 19.0. The topological polar surface area (TPSA) is 342 Å². The first kappa shape index (κ1) is 70.8. The van der Waals surface area contributed by atoms with Crippen LogP contribution in [-0.2, 0) is 68.5 Å². The molecule has 0 aromatic carbocycles. The van der Waals surface area contributed by atoms with Crippen molar-refractivity contribution in [2.75, 3.05) is 65.9 Å². The van der Waals surface area contributed by atoms with E-state index in [1.807, 2.05) is 6.92 Å². The molecule has 1 aromatic heterocycles. The Hall–Kier alpha value is -5.16. The summed E-state index contributed by atoms with van der Waals surface area (Å²) in [5.74, 6) is -4.50. The quantitative estimate of drug-likeness (QED) is 0.0357. The average Bonchev–Trinajstić information content (AvgIpc) is 3.89. The zero-order chi connectivity index (χ0) is 56.4. The van der Waals surface area contributed by atoms with Gasteiger partial charge in [-0.1, -0.05) is 90.4 Å². The van der Waals surface area contributed by atoms with Crippen molar-refractivity contribution in [2.24, 2.45) is 11.7 Å². The second kappa shape index (κ2) is 49.4. The van der Waals surface area contributed by atoms with Gasteiger partial charge in [-0.05, 0) is 45.4 Å². The molecule has 0 radical (unpaired) electrons. The highest BCUT2D eigenvalue weighted by atomic mass is 16.5. The first-order valence-corrected chi connectivity index (χ1v) is 27.7. The van der Waals surface area contributed by atoms with E-state index in [1.165, 1.54) is 64.6 Å². The zero-order valence-corrected chi connectivity index (χ0v) is 45.7. The van der Waals surface area contributed by atoms with Gasteiger partial charge in [0.1, 0.15) is 30.8 Å². The number of aliphatic carboxylic acids is 3. The number of carbonyl (C=O) groups excluding carboxylic acids is 6. The fraction of sp³-hybridized carbons (Fsp3) is 0.778. The van der Waals surface area contributed by atoms with Crippen molar-refractivity contribution >= 4 is 53.0 Å². The van der Waals surface area contributed by atoms with E-state index in [9.17, 15) is 43.2 Å². The molecule has 0 bridgehead atoms. The maximum atomic E-state index is 12.7. The fourth-order valence-electron chi connectivity index (χ4n) is 7.66. The summed E-state index contributed by atoms with van der Waals surface area (Å²) in [7, 11) is 0. The number of amides is 3. The van der Waals surface area contributed by atoms with E-state index in [-0.39, 0.29) is 100 Å². The van der Waals surface area contributed by atoms with Crippen LogP contribution >= 0.6 is 0 Å². The second-order valence-corrected chi connectivity index (χ2v) is 19.0. The van der Waals surface area contributed by atoms with Crippen LogP contribution in [-0.4, -0.2) is 156 Å². The van der Waals surface area contributed by atoms with Gasteiger partial charge in [0.25, 0.3) is 0 Å². The molecule has 1 heterocycles. The number of ether oxygens (including phenoxy) is 4. The van der Waals surface area contributed by atoms with Crippen LogP contribution in [0.25, 0.3) is 0 Å². The van der Waals surface area contributed by atoms with Gasteiger partial charge in [0.15, 0.2) is 5.78 Å². The Bertz CT molecular complexity index is 1730. The normalized spacial score (nSPS) is 12.1. The van der Waals surface area contributed by atoms with E-state index < -0.39 is 35.9 Å². The fourth-order valence-corrected chi connectivity index (χ4v) is 7.66. The van der Waals surface area contributed by atoms with Gasteiger partial charge in [0.2, 0.25) is 17.7 Å². The SMILES string of the molecule is CCCC(=O)CCCOCCOCC(=O)NCCOCCOCC(=O)NCCCC[C@H](CC(=O)[C@@H](N)Cc1cnc[nH]1)C(=O)CCC(=O)O.C[C@H](NC(=O)CCCCCCCCCCCCCCCCC(=O)O)C(=O)O. The number of unbranched alkanes of at least 4 members (excludes halogenated alkanes) is 14. The molecule has 436 valence electrons. The molecule has 0 fully saturated rings. The monoisotopic (exact) mass is 1080 g/mol. The number of carbonyl (C=O) groups is 9. The van der Waals surface area contributed by atoms with Crippen molar-refractivity contribution < 1.29 is 77.4 Å². The average molecular weight is 1080 g/mol. The van der Waals surface area contributed by atoms with Crippen molar-refractivity contribution in [1.82, 2.24) is 25.9 Å². The molecular formula is C54H94N6O16. The number of Topliss-reactive ketones (excluding diaryl/α,β-unsaturated/α-hetero) is 3. The molecule has 0 unspecified atom stereocenters. The molecule has 1 aromatic rings. The highest BCUT2D eigenvalue weighted by Gasteiger charge is 2.25. The zero-order valence-electron chi connectivity index (χ0n) is 45.7. The Morgan fingerprint density at radius 2 is 1.09 bits per heavy atom. The third-order valence-electron chi connectivity index (χ3n) is 12.0. The van der Waals surface area contributed by atoms with Crippen molar-refractivity contribution in [1.29, 1.82) is 0 Å². The number of imidazole rings is 1. The summed E-state index contributed by atoms with van der Waals surface area (Å²) in [6.45, 7) is 5.65. The number of aromatic nitrogens is 2.